The maximum absolute atomic E-state index is 12.5. The maximum atomic E-state index is 12.5. The number of rotatable bonds is 7. The fourth-order valence-electron chi connectivity index (χ4n) is 4.01. The summed E-state index contributed by atoms with van der Waals surface area (Å²) in [6.07, 6.45) is 7.41. The number of hydrogen-bond acceptors (Lipinski definition) is 4. The molecule has 2 amide bonds. The molecule has 2 aliphatic rings. The van der Waals surface area contributed by atoms with Gasteiger partial charge < -0.3 is 10.2 Å². The Morgan fingerprint density at radius 3 is 2.50 bits per heavy atom. The molecule has 1 aliphatic carbocycles. The highest BCUT2D eigenvalue weighted by Crippen LogP contribution is 2.28. The molecule has 1 aliphatic heterocycles. The Labute approximate surface area is 173 Å². The van der Waals surface area contributed by atoms with Crippen LogP contribution in [0.15, 0.2) is 24.3 Å². The second kappa shape index (κ2) is 10.9. The van der Waals surface area contributed by atoms with E-state index in [1.54, 1.807) is 0 Å². The molecule has 1 N–H and O–H groups in total. The monoisotopic (exact) mass is 403 g/mol. The van der Waals surface area contributed by atoms with Gasteiger partial charge in [0.15, 0.2) is 0 Å². The Kier molecular flexibility index (Phi) is 8.22. The van der Waals surface area contributed by atoms with Crippen molar-refractivity contribution in [1.82, 2.24) is 9.80 Å². The van der Waals surface area contributed by atoms with Crippen molar-refractivity contribution in [3.8, 4) is 0 Å². The van der Waals surface area contributed by atoms with Crippen LogP contribution in [0.4, 0.5) is 5.69 Å². The lowest BCUT2D eigenvalue weighted by Crippen LogP contribution is -2.51. The first-order valence-corrected chi connectivity index (χ1v) is 11.7. The molecule has 3 rings (SSSR count). The van der Waals surface area contributed by atoms with Crippen LogP contribution in [0.25, 0.3) is 0 Å². The van der Waals surface area contributed by atoms with Crippen LogP contribution in [0.1, 0.15) is 44.6 Å². The van der Waals surface area contributed by atoms with E-state index >= 15 is 0 Å². The van der Waals surface area contributed by atoms with Gasteiger partial charge in [0, 0.05) is 37.1 Å². The van der Waals surface area contributed by atoms with Crippen molar-refractivity contribution in [1.29, 1.82) is 0 Å². The van der Waals surface area contributed by atoms with Crippen LogP contribution in [0.3, 0.4) is 0 Å². The number of amides is 2. The molecule has 1 aromatic rings. The number of aryl methyl sites for hydroxylation is 1. The lowest BCUT2D eigenvalue weighted by atomic mass is 10.0. The van der Waals surface area contributed by atoms with Gasteiger partial charge in [-0.3, -0.25) is 14.5 Å². The molecule has 0 radical (unpaired) electrons. The number of piperazine rings is 1. The highest BCUT2D eigenvalue weighted by atomic mass is 32.2. The van der Waals surface area contributed by atoms with E-state index in [0.717, 1.165) is 43.9 Å². The molecular weight excluding hydrogens is 370 g/mol. The molecule has 5 nitrogen and oxygen atoms in total. The second-order valence-corrected chi connectivity index (χ2v) is 9.08. The number of hydrogen-bond donors (Lipinski definition) is 1. The largest absolute Gasteiger partial charge is 0.339 e. The summed E-state index contributed by atoms with van der Waals surface area (Å²) in [6, 6.07) is 7.95. The first kappa shape index (κ1) is 21.2. The minimum atomic E-state index is 0.0218. The molecular formula is C22H33N3O2S. The molecule has 0 aromatic heterocycles. The van der Waals surface area contributed by atoms with E-state index in [4.69, 9.17) is 0 Å². The average Bonchev–Trinajstić information content (AvgIpc) is 2.73. The number of para-hydroxylation sites is 1. The van der Waals surface area contributed by atoms with E-state index in [2.05, 4.69) is 17.1 Å². The van der Waals surface area contributed by atoms with Crippen molar-refractivity contribution in [3.05, 3.63) is 29.8 Å². The normalized spacial score (nSPS) is 18.8. The third-order valence-corrected chi connectivity index (χ3v) is 7.12. The number of thioether (sulfide) groups is 1. The number of nitrogens with zero attached hydrogens (tertiary/aromatic N) is 2. The van der Waals surface area contributed by atoms with E-state index in [1.165, 1.54) is 32.1 Å². The van der Waals surface area contributed by atoms with E-state index in [0.29, 0.717) is 17.5 Å². The number of carbonyl (C=O) groups excluding carboxylic acids is 2. The Hall–Kier alpha value is -1.53. The number of nitrogens with one attached hydrogen (secondary N) is 1. The minimum Gasteiger partial charge on any atom is -0.339 e. The van der Waals surface area contributed by atoms with Gasteiger partial charge in [-0.05, 0) is 30.9 Å². The molecule has 154 valence electrons. The summed E-state index contributed by atoms with van der Waals surface area (Å²) in [5.74, 6) is 0.893. The Balaban J connectivity index is 1.37. The van der Waals surface area contributed by atoms with Crippen LogP contribution in [-0.4, -0.2) is 65.3 Å². The van der Waals surface area contributed by atoms with Crippen LogP contribution in [0.5, 0.6) is 0 Å². The van der Waals surface area contributed by atoms with Crippen molar-refractivity contribution < 1.29 is 9.59 Å². The van der Waals surface area contributed by atoms with Gasteiger partial charge in [-0.2, -0.15) is 0 Å². The summed E-state index contributed by atoms with van der Waals surface area (Å²) >= 11 is 1.85. The first-order valence-electron chi connectivity index (χ1n) is 10.6. The molecule has 1 heterocycles. The summed E-state index contributed by atoms with van der Waals surface area (Å²) in [7, 11) is 0. The second-order valence-electron chi connectivity index (χ2n) is 7.79. The minimum absolute atomic E-state index is 0.0218. The van der Waals surface area contributed by atoms with Gasteiger partial charge in [0.25, 0.3) is 0 Å². The summed E-state index contributed by atoms with van der Waals surface area (Å²) in [6.45, 7) is 5.46. The van der Waals surface area contributed by atoms with Gasteiger partial charge in [0.05, 0.1) is 12.3 Å². The van der Waals surface area contributed by atoms with E-state index in [1.807, 2.05) is 40.9 Å². The Morgan fingerprint density at radius 2 is 1.79 bits per heavy atom. The predicted molar refractivity (Wildman–Crippen MR) is 117 cm³/mol. The highest BCUT2D eigenvalue weighted by molar-refractivity contribution is 8.00. The molecule has 1 aromatic carbocycles. The summed E-state index contributed by atoms with van der Waals surface area (Å²) < 4.78 is 0. The lowest BCUT2D eigenvalue weighted by molar-refractivity contribution is -0.130. The maximum Gasteiger partial charge on any atom is 0.238 e. The zero-order valence-electron chi connectivity index (χ0n) is 17.0. The molecule has 1 saturated heterocycles. The van der Waals surface area contributed by atoms with Crippen LogP contribution < -0.4 is 5.32 Å². The number of benzene rings is 1. The molecule has 6 heteroatoms. The third kappa shape index (κ3) is 6.24. The van der Waals surface area contributed by atoms with Gasteiger partial charge in [-0.1, -0.05) is 44.4 Å². The Morgan fingerprint density at radius 1 is 1.07 bits per heavy atom. The van der Waals surface area contributed by atoms with Gasteiger partial charge in [-0.25, -0.2) is 0 Å². The van der Waals surface area contributed by atoms with Crippen molar-refractivity contribution >= 4 is 29.3 Å². The fourth-order valence-corrected chi connectivity index (χ4v) is 5.24. The smallest absolute Gasteiger partial charge is 0.238 e. The summed E-state index contributed by atoms with van der Waals surface area (Å²) in [5, 5.41) is 3.71. The lowest BCUT2D eigenvalue weighted by Gasteiger charge is -2.34. The fraction of sp³-hybridized carbons (Fsp3) is 0.636. The standard InChI is InChI=1S/C22H33N3O2S/c1-2-18-8-6-7-11-20(18)23-21(26)16-24-12-14-25(15-13-24)22(27)17-28-19-9-4-3-5-10-19/h6-8,11,19H,2-5,9-10,12-17H2,1H3,(H,23,26). The van der Waals surface area contributed by atoms with Crippen LogP contribution in [-0.2, 0) is 16.0 Å². The van der Waals surface area contributed by atoms with E-state index in [9.17, 15) is 9.59 Å². The summed E-state index contributed by atoms with van der Waals surface area (Å²) in [5.41, 5.74) is 2.06. The predicted octanol–water partition coefficient (Wildman–Crippen LogP) is 3.40. The van der Waals surface area contributed by atoms with Gasteiger partial charge >= 0.3 is 0 Å². The van der Waals surface area contributed by atoms with Crippen LogP contribution in [0.2, 0.25) is 0 Å². The highest BCUT2D eigenvalue weighted by Gasteiger charge is 2.23. The van der Waals surface area contributed by atoms with E-state index in [-0.39, 0.29) is 11.8 Å². The van der Waals surface area contributed by atoms with Gasteiger partial charge in [-0.15, -0.1) is 11.8 Å². The molecule has 28 heavy (non-hydrogen) atoms. The zero-order valence-corrected chi connectivity index (χ0v) is 17.8. The molecule has 0 bridgehead atoms. The molecule has 0 spiro atoms. The first-order chi connectivity index (χ1) is 13.7. The number of anilines is 1. The van der Waals surface area contributed by atoms with Crippen LogP contribution in [0, 0.1) is 0 Å². The van der Waals surface area contributed by atoms with Crippen LogP contribution >= 0.6 is 11.8 Å². The third-order valence-electron chi connectivity index (χ3n) is 5.76. The average molecular weight is 404 g/mol. The zero-order chi connectivity index (χ0) is 19.8. The number of carbonyl (C=O) groups is 2. The molecule has 1 saturated carbocycles. The quantitative estimate of drug-likeness (QED) is 0.758. The van der Waals surface area contributed by atoms with Crippen molar-refractivity contribution in [2.24, 2.45) is 0 Å². The van der Waals surface area contributed by atoms with Gasteiger partial charge in [0.2, 0.25) is 11.8 Å². The van der Waals surface area contributed by atoms with Crippen molar-refractivity contribution in [3.63, 3.8) is 0 Å². The molecule has 2 fully saturated rings. The molecule has 0 unspecified atom stereocenters. The van der Waals surface area contributed by atoms with Crippen molar-refractivity contribution in [2.45, 2.75) is 50.7 Å². The molecule has 0 atom stereocenters. The SMILES string of the molecule is CCc1ccccc1NC(=O)CN1CCN(C(=O)CSC2CCCCC2)CC1. The summed E-state index contributed by atoms with van der Waals surface area (Å²) in [4.78, 5) is 29.0. The van der Waals surface area contributed by atoms with Crippen molar-refractivity contribution in [2.75, 3.05) is 43.8 Å². The van der Waals surface area contributed by atoms with Gasteiger partial charge in [0.1, 0.15) is 0 Å². The topological polar surface area (TPSA) is 52.7 Å². The Bertz CT molecular complexity index is 653. The van der Waals surface area contributed by atoms with E-state index < -0.39 is 0 Å².